The highest BCUT2D eigenvalue weighted by Gasteiger charge is 2.29. The second-order valence-electron chi connectivity index (χ2n) is 9.52. The molecule has 33 heavy (non-hydrogen) atoms. The minimum absolute atomic E-state index is 0.0120. The molecule has 0 radical (unpaired) electrons. The summed E-state index contributed by atoms with van der Waals surface area (Å²) in [5.74, 6) is 1.65. The van der Waals surface area contributed by atoms with Crippen molar-refractivity contribution in [2.24, 2.45) is 0 Å². The van der Waals surface area contributed by atoms with E-state index in [1.807, 2.05) is 75.4 Å². The van der Waals surface area contributed by atoms with Crippen molar-refractivity contribution in [3.63, 3.8) is 0 Å². The molecule has 0 aromatic heterocycles. The minimum atomic E-state index is -0.518. The van der Waals surface area contributed by atoms with Crippen LogP contribution < -0.4 is 10.1 Å². The van der Waals surface area contributed by atoms with Crippen LogP contribution in [0.4, 0.5) is 4.79 Å². The van der Waals surface area contributed by atoms with Crippen molar-refractivity contribution < 1.29 is 14.3 Å². The van der Waals surface area contributed by atoms with Gasteiger partial charge in [-0.25, -0.2) is 4.79 Å². The Morgan fingerprint density at radius 2 is 1.70 bits per heavy atom. The van der Waals surface area contributed by atoms with Crippen molar-refractivity contribution in [3.05, 3.63) is 82.9 Å². The fraction of sp³-hybridized carbons (Fsp3) is 0.321. The summed E-state index contributed by atoms with van der Waals surface area (Å²) < 4.78 is 11.8. The molecule has 2 unspecified atom stereocenters. The number of rotatable bonds is 4. The zero-order chi connectivity index (χ0) is 23.6. The molecule has 0 saturated carbocycles. The van der Waals surface area contributed by atoms with Crippen molar-refractivity contribution in [3.8, 4) is 22.6 Å². The Hall–Kier alpha value is -2.98. The highest BCUT2D eigenvalue weighted by molar-refractivity contribution is 6.33. The topological polar surface area (TPSA) is 47.6 Å². The zero-order valence-corrected chi connectivity index (χ0v) is 20.3. The first kappa shape index (κ1) is 23.2. The SMILES string of the molecule is CC1c2cc(Oc3ccccc3-c3ccccc3Cl)ccc2CCC1NC(=O)OC(C)(C)C. The van der Waals surface area contributed by atoms with Crippen molar-refractivity contribution in [1.82, 2.24) is 5.32 Å². The largest absolute Gasteiger partial charge is 0.457 e. The molecule has 1 aliphatic rings. The van der Waals surface area contributed by atoms with Gasteiger partial charge in [0, 0.05) is 28.1 Å². The number of hydrogen-bond acceptors (Lipinski definition) is 3. The van der Waals surface area contributed by atoms with Crippen LogP contribution in [-0.4, -0.2) is 17.7 Å². The first-order chi connectivity index (χ1) is 15.7. The lowest BCUT2D eigenvalue weighted by Gasteiger charge is -2.33. The third-order valence-corrected chi connectivity index (χ3v) is 6.25. The number of ether oxygens (including phenoxy) is 2. The Labute approximate surface area is 200 Å². The molecule has 0 heterocycles. The van der Waals surface area contributed by atoms with E-state index in [1.165, 1.54) is 11.1 Å². The standard InChI is InChI=1S/C28H30ClNO3/c1-18-23-17-20(15-13-19(23)14-16-25(18)30-27(31)33-28(2,3)4)32-26-12-8-6-10-22(26)21-9-5-7-11-24(21)29/h5-13,15,17-18,25H,14,16H2,1-4H3,(H,30,31). The maximum absolute atomic E-state index is 12.3. The number of nitrogens with one attached hydrogen (secondary N) is 1. The molecule has 3 aromatic carbocycles. The number of fused-ring (bicyclic) bond motifs is 1. The van der Waals surface area contributed by atoms with Gasteiger partial charge in [0.15, 0.2) is 0 Å². The highest BCUT2D eigenvalue weighted by atomic mass is 35.5. The van der Waals surface area contributed by atoms with Gasteiger partial charge in [0.1, 0.15) is 17.1 Å². The van der Waals surface area contributed by atoms with E-state index in [0.29, 0.717) is 5.02 Å². The van der Waals surface area contributed by atoms with E-state index in [0.717, 1.165) is 35.5 Å². The Balaban J connectivity index is 1.56. The summed E-state index contributed by atoms with van der Waals surface area (Å²) in [7, 11) is 0. The van der Waals surface area contributed by atoms with Crippen molar-refractivity contribution >= 4 is 17.7 Å². The average molecular weight is 464 g/mol. The van der Waals surface area contributed by atoms with Gasteiger partial charge in [0.05, 0.1) is 0 Å². The summed E-state index contributed by atoms with van der Waals surface area (Å²) in [5, 5.41) is 3.74. The summed E-state index contributed by atoms with van der Waals surface area (Å²) in [6.45, 7) is 7.75. The van der Waals surface area contributed by atoms with Crippen LogP contribution in [0, 0.1) is 0 Å². The number of amides is 1. The quantitative estimate of drug-likeness (QED) is 0.430. The van der Waals surface area contributed by atoms with Crippen LogP contribution in [-0.2, 0) is 11.2 Å². The summed E-state index contributed by atoms with van der Waals surface area (Å²) in [6.07, 6.45) is 1.41. The number of para-hydroxylation sites is 1. The Morgan fingerprint density at radius 3 is 2.42 bits per heavy atom. The van der Waals surface area contributed by atoms with Gasteiger partial charge in [-0.1, -0.05) is 61.0 Å². The second-order valence-corrected chi connectivity index (χ2v) is 9.93. The lowest BCUT2D eigenvalue weighted by atomic mass is 9.80. The number of carbonyl (C=O) groups excluding carboxylic acids is 1. The molecule has 0 fully saturated rings. The molecule has 0 spiro atoms. The molecule has 4 rings (SSSR count). The fourth-order valence-electron chi connectivity index (χ4n) is 4.31. The van der Waals surface area contributed by atoms with Gasteiger partial charge in [-0.15, -0.1) is 0 Å². The first-order valence-corrected chi connectivity index (χ1v) is 11.7. The molecule has 0 aliphatic heterocycles. The third-order valence-electron chi connectivity index (χ3n) is 5.92. The lowest BCUT2D eigenvalue weighted by Crippen LogP contribution is -2.43. The number of aryl methyl sites for hydroxylation is 1. The van der Waals surface area contributed by atoms with Crippen LogP contribution in [0.1, 0.15) is 51.2 Å². The normalized spacial score (nSPS) is 17.7. The molecule has 1 amide bonds. The average Bonchev–Trinajstić information content (AvgIpc) is 2.76. The van der Waals surface area contributed by atoms with Gasteiger partial charge < -0.3 is 14.8 Å². The van der Waals surface area contributed by atoms with Crippen molar-refractivity contribution in [2.45, 2.75) is 58.1 Å². The molecule has 1 N–H and O–H groups in total. The van der Waals surface area contributed by atoms with E-state index in [9.17, 15) is 4.79 Å². The Kier molecular flexibility index (Phi) is 6.66. The summed E-state index contributed by atoms with van der Waals surface area (Å²) in [4.78, 5) is 12.3. The summed E-state index contributed by atoms with van der Waals surface area (Å²) in [6, 6.07) is 21.9. The van der Waals surface area contributed by atoms with E-state index in [1.54, 1.807) is 0 Å². The van der Waals surface area contributed by atoms with Gasteiger partial charge in [0.25, 0.3) is 0 Å². The number of hydrogen-bond donors (Lipinski definition) is 1. The molecule has 172 valence electrons. The van der Waals surface area contributed by atoms with E-state index >= 15 is 0 Å². The van der Waals surface area contributed by atoms with Gasteiger partial charge in [0.2, 0.25) is 0 Å². The molecular weight excluding hydrogens is 434 g/mol. The first-order valence-electron chi connectivity index (χ1n) is 11.4. The highest BCUT2D eigenvalue weighted by Crippen LogP contribution is 2.39. The monoisotopic (exact) mass is 463 g/mol. The summed E-state index contributed by atoms with van der Waals surface area (Å²) in [5.41, 5.74) is 3.84. The molecule has 4 nitrogen and oxygen atoms in total. The minimum Gasteiger partial charge on any atom is -0.457 e. The number of carbonyl (C=O) groups is 1. The number of benzene rings is 3. The Morgan fingerprint density at radius 1 is 1.00 bits per heavy atom. The van der Waals surface area contributed by atoms with Crippen LogP contribution in [0.5, 0.6) is 11.5 Å². The second kappa shape index (κ2) is 9.48. The van der Waals surface area contributed by atoms with Crippen LogP contribution in [0.15, 0.2) is 66.7 Å². The molecular formula is C28H30ClNO3. The molecule has 1 aliphatic carbocycles. The lowest BCUT2D eigenvalue weighted by molar-refractivity contribution is 0.0493. The molecule has 0 saturated heterocycles. The smallest absolute Gasteiger partial charge is 0.407 e. The van der Waals surface area contributed by atoms with Gasteiger partial charge in [-0.3, -0.25) is 0 Å². The number of alkyl carbamates (subject to hydrolysis) is 1. The maximum atomic E-state index is 12.3. The van der Waals surface area contributed by atoms with Crippen LogP contribution in [0.3, 0.4) is 0 Å². The van der Waals surface area contributed by atoms with Gasteiger partial charge in [-0.2, -0.15) is 0 Å². The predicted octanol–water partition coefficient (Wildman–Crippen LogP) is 7.74. The maximum Gasteiger partial charge on any atom is 0.407 e. The number of halogens is 1. The van der Waals surface area contributed by atoms with Crippen LogP contribution in [0.2, 0.25) is 5.02 Å². The molecule has 3 aromatic rings. The zero-order valence-electron chi connectivity index (χ0n) is 19.5. The molecule has 5 heteroatoms. The summed E-state index contributed by atoms with van der Waals surface area (Å²) >= 11 is 6.44. The van der Waals surface area contributed by atoms with E-state index in [2.05, 4.69) is 24.4 Å². The third kappa shape index (κ3) is 5.51. The van der Waals surface area contributed by atoms with Gasteiger partial charge >= 0.3 is 6.09 Å². The van der Waals surface area contributed by atoms with E-state index in [-0.39, 0.29) is 18.1 Å². The molecule has 2 atom stereocenters. The van der Waals surface area contributed by atoms with E-state index in [4.69, 9.17) is 21.1 Å². The van der Waals surface area contributed by atoms with Gasteiger partial charge in [-0.05, 0) is 69.0 Å². The van der Waals surface area contributed by atoms with Crippen LogP contribution >= 0.6 is 11.6 Å². The van der Waals surface area contributed by atoms with Crippen molar-refractivity contribution in [1.29, 1.82) is 0 Å². The predicted molar refractivity (Wildman–Crippen MR) is 133 cm³/mol. The molecule has 0 bridgehead atoms. The van der Waals surface area contributed by atoms with Crippen molar-refractivity contribution in [2.75, 3.05) is 0 Å². The fourth-order valence-corrected chi connectivity index (χ4v) is 4.54. The van der Waals surface area contributed by atoms with Crippen LogP contribution in [0.25, 0.3) is 11.1 Å². The Bertz CT molecular complexity index is 1150. The van der Waals surface area contributed by atoms with E-state index < -0.39 is 5.60 Å².